The van der Waals surface area contributed by atoms with Crippen LogP contribution in [-0.4, -0.2) is 9.97 Å². The first-order valence-corrected chi connectivity index (χ1v) is 14.5. The van der Waals surface area contributed by atoms with Gasteiger partial charge in [0, 0.05) is 46.1 Å². The van der Waals surface area contributed by atoms with E-state index < -0.39 is 0 Å². The number of benzene rings is 2. The Labute approximate surface area is 238 Å². The van der Waals surface area contributed by atoms with Crippen LogP contribution in [-0.2, 0) is 17.3 Å². The van der Waals surface area contributed by atoms with E-state index in [9.17, 15) is 0 Å². The van der Waals surface area contributed by atoms with Crippen molar-refractivity contribution in [3.8, 4) is 22.4 Å². The lowest BCUT2D eigenvalue weighted by molar-refractivity contribution is 0.496. The monoisotopic (exact) mass is 528 g/mol. The minimum absolute atomic E-state index is 0.0114. The molecule has 0 fully saturated rings. The summed E-state index contributed by atoms with van der Waals surface area (Å²) in [7, 11) is 0. The third-order valence-electron chi connectivity index (χ3n) is 8.40. The van der Waals surface area contributed by atoms with Crippen molar-refractivity contribution < 1.29 is 4.42 Å². The number of aromatic nitrogens is 2. The number of aryl methyl sites for hydroxylation is 1. The van der Waals surface area contributed by atoms with Crippen LogP contribution in [0, 0.1) is 12.8 Å². The van der Waals surface area contributed by atoms with Crippen LogP contribution in [0.5, 0.6) is 0 Å². The van der Waals surface area contributed by atoms with Crippen molar-refractivity contribution in [2.24, 2.45) is 5.92 Å². The molecule has 0 amide bonds. The molecule has 0 atom stereocenters. The van der Waals surface area contributed by atoms with Gasteiger partial charge in [-0.3, -0.25) is 9.97 Å². The zero-order valence-electron chi connectivity index (χ0n) is 25.4. The van der Waals surface area contributed by atoms with Crippen molar-refractivity contribution >= 4 is 27.3 Å². The molecule has 0 bridgehead atoms. The van der Waals surface area contributed by atoms with E-state index >= 15 is 0 Å². The average Bonchev–Trinajstić information content (AvgIpc) is 3.32. The zero-order chi connectivity index (χ0) is 28.6. The van der Waals surface area contributed by atoms with E-state index in [4.69, 9.17) is 9.40 Å². The van der Waals surface area contributed by atoms with Crippen LogP contribution in [0.2, 0.25) is 0 Å². The minimum atomic E-state index is -0.148. The molecule has 204 valence electrons. The van der Waals surface area contributed by atoms with Crippen LogP contribution in [0.15, 0.2) is 65.4 Å². The highest BCUT2D eigenvalue weighted by molar-refractivity contribution is 5.94. The number of allylic oxidation sites excluding steroid dienone is 2. The summed E-state index contributed by atoms with van der Waals surface area (Å²) in [6.07, 6.45) is 7.17. The van der Waals surface area contributed by atoms with E-state index in [2.05, 4.69) is 116 Å². The average molecular weight is 529 g/mol. The fourth-order valence-electron chi connectivity index (χ4n) is 6.45. The minimum Gasteiger partial charge on any atom is -0.461 e. The van der Waals surface area contributed by atoms with Gasteiger partial charge in [0.2, 0.25) is 0 Å². The van der Waals surface area contributed by atoms with Crippen LogP contribution in [0.25, 0.3) is 49.7 Å². The number of hydrogen-bond donors (Lipinski definition) is 0. The molecule has 3 heteroatoms. The Kier molecular flexibility index (Phi) is 6.07. The molecule has 3 nitrogen and oxygen atoms in total. The maximum absolute atomic E-state index is 6.44. The number of furan rings is 1. The second-order valence-corrected chi connectivity index (χ2v) is 13.7. The molecule has 0 saturated carbocycles. The molecule has 2 aromatic carbocycles. The van der Waals surface area contributed by atoms with Gasteiger partial charge in [-0.05, 0) is 88.7 Å². The normalized spacial score (nSPS) is 14.8. The van der Waals surface area contributed by atoms with Gasteiger partial charge in [0.25, 0.3) is 0 Å². The van der Waals surface area contributed by atoms with Crippen LogP contribution < -0.4 is 0 Å². The zero-order valence-corrected chi connectivity index (χ0v) is 25.4. The summed E-state index contributed by atoms with van der Waals surface area (Å²) < 4.78 is 6.44. The fourth-order valence-corrected chi connectivity index (χ4v) is 6.45. The van der Waals surface area contributed by atoms with Gasteiger partial charge in [-0.2, -0.15) is 0 Å². The SMILES string of the molecule is CC1=CC(C)(C)c2nc(-c3cc(C(C)(C)C)c4ccncc4c3)cc(-c3ccc4c(C)c(CC(C)C)oc4c3)c21. The lowest BCUT2D eigenvalue weighted by Crippen LogP contribution is -2.15. The first kappa shape index (κ1) is 26.5. The molecule has 0 radical (unpaired) electrons. The van der Waals surface area contributed by atoms with Crippen LogP contribution in [0.3, 0.4) is 0 Å². The Morgan fingerprint density at radius 2 is 1.70 bits per heavy atom. The second kappa shape index (κ2) is 9.16. The smallest absolute Gasteiger partial charge is 0.135 e. The van der Waals surface area contributed by atoms with Crippen LogP contribution in [0.1, 0.15) is 83.5 Å². The third-order valence-corrected chi connectivity index (χ3v) is 8.40. The summed E-state index contributed by atoms with van der Waals surface area (Å²) in [4.78, 5) is 9.80. The van der Waals surface area contributed by atoms with Gasteiger partial charge < -0.3 is 4.42 Å². The highest BCUT2D eigenvalue weighted by Crippen LogP contribution is 2.46. The molecule has 0 saturated heterocycles. The summed E-state index contributed by atoms with van der Waals surface area (Å²) in [5.41, 5.74) is 11.5. The van der Waals surface area contributed by atoms with E-state index in [0.717, 1.165) is 40.1 Å². The first-order valence-electron chi connectivity index (χ1n) is 14.5. The van der Waals surface area contributed by atoms with Gasteiger partial charge in [-0.25, -0.2) is 0 Å². The largest absolute Gasteiger partial charge is 0.461 e. The summed E-state index contributed by atoms with van der Waals surface area (Å²) in [5, 5.41) is 3.60. The third kappa shape index (κ3) is 4.36. The molecule has 40 heavy (non-hydrogen) atoms. The number of fused-ring (bicyclic) bond motifs is 3. The Morgan fingerprint density at radius 3 is 2.42 bits per heavy atom. The number of nitrogens with zero attached hydrogens (tertiary/aromatic N) is 2. The standard InChI is InChI=1S/C37H40N2O/c1-21(2)14-32-23(4)27-11-10-24(17-33(27)40-32)29-18-31(39-35-34(29)22(3)19-37(35,8)9)25-15-26-20-38-13-12-28(26)30(16-25)36(5,6)7/h10-13,15-21H,14H2,1-9H3. The van der Waals surface area contributed by atoms with Gasteiger partial charge in [0.05, 0.1) is 11.4 Å². The molecule has 3 heterocycles. The van der Waals surface area contributed by atoms with E-state index in [-0.39, 0.29) is 10.8 Å². The molecular formula is C37H40N2O. The predicted octanol–water partition coefficient (Wildman–Crippen LogP) is 10.2. The summed E-state index contributed by atoms with van der Waals surface area (Å²) in [6.45, 7) is 20.2. The molecule has 5 aromatic rings. The molecule has 3 aromatic heterocycles. The van der Waals surface area contributed by atoms with Crippen molar-refractivity contribution in [1.82, 2.24) is 9.97 Å². The van der Waals surface area contributed by atoms with E-state index in [1.807, 2.05) is 12.4 Å². The van der Waals surface area contributed by atoms with Gasteiger partial charge >= 0.3 is 0 Å². The van der Waals surface area contributed by atoms with Crippen molar-refractivity contribution in [2.45, 2.75) is 79.6 Å². The number of pyridine rings is 2. The van der Waals surface area contributed by atoms with Gasteiger partial charge in [0.15, 0.2) is 0 Å². The summed E-state index contributed by atoms with van der Waals surface area (Å²) in [5.74, 6) is 1.65. The van der Waals surface area contributed by atoms with Crippen LogP contribution >= 0.6 is 0 Å². The van der Waals surface area contributed by atoms with Crippen molar-refractivity contribution in [1.29, 1.82) is 0 Å². The second-order valence-electron chi connectivity index (χ2n) is 13.7. The Morgan fingerprint density at radius 1 is 0.925 bits per heavy atom. The highest BCUT2D eigenvalue weighted by Gasteiger charge is 2.33. The highest BCUT2D eigenvalue weighted by atomic mass is 16.3. The molecule has 0 unspecified atom stereocenters. The van der Waals surface area contributed by atoms with Crippen molar-refractivity contribution in [3.05, 3.63) is 89.1 Å². The maximum atomic E-state index is 6.44. The Balaban J connectivity index is 1.60. The quantitative estimate of drug-likeness (QED) is 0.233. The molecule has 1 aliphatic carbocycles. The molecule has 6 rings (SSSR count). The number of rotatable bonds is 4. The van der Waals surface area contributed by atoms with Crippen molar-refractivity contribution in [3.63, 3.8) is 0 Å². The Bertz CT molecular complexity index is 1830. The van der Waals surface area contributed by atoms with E-state index in [1.165, 1.54) is 44.2 Å². The lowest BCUT2D eigenvalue weighted by atomic mass is 9.82. The van der Waals surface area contributed by atoms with Crippen molar-refractivity contribution in [2.75, 3.05) is 0 Å². The van der Waals surface area contributed by atoms with Gasteiger partial charge in [-0.15, -0.1) is 0 Å². The Hall–Kier alpha value is -3.72. The van der Waals surface area contributed by atoms with Gasteiger partial charge in [-0.1, -0.05) is 66.7 Å². The maximum Gasteiger partial charge on any atom is 0.135 e. The van der Waals surface area contributed by atoms with Crippen LogP contribution in [0.4, 0.5) is 0 Å². The number of hydrogen-bond acceptors (Lipinski definition) is 3. The van der Waals surface area contributed by atoms with E-state index in [0.29, 0.717) is 5.92 Å². The summed E-state index contributed by atoms with van der Waals surface area (Å²) >= 11 is 0. The lowest BCUT2D eigenvalue weighted by Gasteiger charge is -2.24. The van der Waals surface area contributed by atoms with Gasteiger partial charge in [0.1, 0.15) is 11.3 Å². The first-order chi connectivity index (χ1) is 18.8. The summed E-state index contributed by atoms with van der Waals surface area (Å²) in [6, 6.07) is 15.7. The predicted molar refractivity (Wildman–Crippen MR) is 169 cm³/mol. The molecular weight excluding hydrogens is 488 g/mol. The van der Waals surface area contributed by atoms with E-state index in [1.54, 1.807) is 0 Å². The molecule has 0 spiro atoms. The topological polar surface area (TPSA) is 38.9 Å². The molecule has 0 aliphatic heterocycles. The molecule has 1 aliphatic rings. The fraction of sp³-hybridized carbons (Fsp3) is 0.351. The molecule has 0 N–H and O–H groups in total.